The van der Waals surface area contributed by atoms with Crippen molar-refractivity contribution in [3.05, 3.63) is 23.3 Å². The third-order valence-corrected chi connectivity index (χ3v) is 6.19. The standard InChI is InChI=1S/C16H22N6O2S/c1-10-18-13-4-3-11-9-17-16(21-14(11)15(13)19-10)20-12-5-7-22(8-6-12)25(2,23)24/h9,12H,3-8H2,1-2H3,(H,18,19)(H,17,20,21). The Labute approximate surface area is 147 Å². The molecule has 134 valence electrons. The Morgan fingerprint density at radius 2 is 2.00 bits per heavy atom. The number of aromatic nitrogens is 4. The predicted octanol–water partition coefficient (Wildman–Crippen LogP) is 1.11. The van der Waals surface area contributed by atoms with Crippen LogP contribution in [0.2, 0.25) is 0 Å². The van der Waals surface area contributed by atoms with E-state index in [1.165, 1.54) is 10.6 Å². The highest BCUT2D eigenvalue weighted by Crippen LogP contribution is 2.30. The topological polar surface area (TPSA) is 104 Å². The van der Waals surface area contributed by atoms with E-state index in [0.717, 1.165) is 54.2 Å². The largest absolute Gasteiger partial charge is 0.351 e. The molecule has 25 heavy (non-hydrogen) atoms. The number of piperidine rings is 1. The number of nitrogens with zero attached hydrogens (tertiary/aromatic N) is 4. The summed E-state index contributed by atoms with van der Waals surface area (Å²) >= 11 is 0. The fraction of sp³-hybridized carbons (Fsp3) is 0.562. The second kappa shape index (κ2) is 6.06. The molecular formula is C16H22N6O2S. The summed E-state index contributed by atoms with van der Waals surface area (Å²) in [5, 5.41) is 3.36. The maximum absolute atomic E-state index is 11.6. The summed E-state index contributed by atoms with van der Waals surface area (Å²) in [4.78, 5) is 17.0. The lowest BCUT2D eigenvalue weighted by molar-refractivity contribution is 0.331. The van der Waals surface area contributed by atoms with Crippen LogP contribution in [0.15, 0.2) is 6.20 Å². The van der Waals surface area contributed by atoms with Gasteiger partial charge in [0.1, 0.15) is 5.82 Å². The van der Waals surface area contributed by atoms with Crippen molar-refractivity contribution in [3.63, 3.8) is 0 Å². The Morgan fingerprint density at radius 3 is 2.72 bits per heavy atom. The van der Waals surface area contributed by atoms with Crippen molar-refractivity contribution in [2.24, 2.45) is 0 Å². The number of H-pyrrole nitrogens is 1. The highest BCUT2D eigenvalue weighted by Gasteiger charge is 2.26. The number of nitrogens with one attached hydrogen (secondary N) is 2. The van der Waals surface area contributed by atoms with Gasteiger partial charge in [-0.25, -0.2) is 27.7 Å². The molecule has 0 unspecified atom stereocenters. The van der Waals surface area contributed by atoms with Gasteiger partial charge in [-0.3, -0.25) is 0 Å². The first-order valence-corrected chi connectivity index (χ1v) is 10.4. The zero-order valence-corrected chi connectivity index (χ0v) is 15.2. The minimum Gasteiger partial charge on any atom is -0.351 e. The molecule has 1 fully saturated rings. The molecule has 9 heteroatoms. The van der Waals surface area contributed by atoms with Gasteiger partial charge in [0.15, 0.2) is 0 Å². The molecule has 0 spiro atoms. The third-order valence-electron chi connectivity index (χ3n) is 4.89. The van der Waals surface area contributed by atoms with Gasteiger partial charge in [0, 0.05) is 25.3 Å². The lowest BCUT2D eigenvalue weighted by Gasteiger charge is -2.30. The smallest absolute Gasteiger partial charge is 0.223 e. The Hall–Kier alpha value is -2.00. The number of rotatable bonds is 3. The van der Waals surface area contributed by atoms with Crippen LogP contribution in [0.5, 0.6) is 0 Å². The van der Waals surface area contributed by atoms with Crippen LogP contribution < -0.4 is 5.32 Å². The number of sulfonamides is 1. The second-order valence-corrected chi connectivity index (χ2v) is 8.77. The first-order chi connectivity index (χ1) is 11.9. The second-order valence-electron chi connectivity index (χ2n) is 6.79. The fourth-order valence-corrected chi connectivity index (χ4v) is 4.43. The third kappa shape index (κ3) is 3.25. The first-order valence-electron chi connectivity index (χ1n) is 8.53. The first kappa shape index (κ1) is 16.5. The Bertz CT molecular complexity index is 899. The summed E-state index contributed by atoms with van der Waals surface area (Å²) in [6, 6.07) is 0.183. The van der Waals surface area contributed by atoms with Crippen LogP contribution in [0.25, 0.3) is 11.4 Å². The lowest BCUT2D eigenvalue weighted by atomic mass is 9.98. The van der Waals surface area contributed by atoms with E-state index in [-0.39, 0.29) is 6.04 Å². The van der Waals surface area contributed by atoms with E-state index in [0.29, 0.717) is 19.0 Å². The molecule has 1 aliphatic heterocycles. The van der Waals surface area contributed by atoms with Crippen LogP contribution >= 0.6 is 0 Å². The van der Waals surface area contributed by atoms with E-state index < -0.39 is 10.0 Å². The number of imidazole rings is 1. The maximum atomic E-state index is 11.6. The predicted molar refractivity (Wildman–Crippen MR) is 94.8 cm³/mol. The van der Waals surface area contributed by atoms with Crippen LogP contribution in [-0.4, -0.2) is 58.0 Å². The highest BCUT2D eigenvalue weighted by molar-refractivity contribution is 7.88. The van der Waals surface area contributed by atoms with E-state index in [4.69, 9.17) is 4.98 Å². The van der Waals surface area contributed by atoms with Gasteiger partial charge in [0.2, 0.25) is 16.0 Å². The van der Waals surface area contributed by atoms with Gasteiger partial charge in [-0.2, -0.15) is 0 Å². The molecule has 0 saturated carbocycles. The van der Waals surface area contributed by atoms with E-state index >= 15 is 0 Å². The minimum atomic E-state index is -3.10. The molecule has 4 rings (SSSR count). The molecule has 3 heterocycles. The normalized spacial score (nSPS) is 18.6. The molecule has 0 aromatic carbocycles. The number of hydrogen-bond donors (Lipinski definition) is 2. The summed E-state index contributed by atoms with van der Waals surface area (Å²) in [6.07, 6.45) is 6.46. The van der Waals surface area contributed by atoms with E-state index in [1.807, 2.05) is 13.1 Å². The van der Waals surface area contributed by atoms with Gasteiger partial charge in [0.25, 0.3) is 0 Å². The number of aryl methyl sites for hydroxylation is 3. The average molecular weight is 362 g/mol. The van der Waals surface area contributed by atoms with E-state index in [1.54, 1.807) is 0 Å². The van der Waals surface area contributed by atoms with Crippen LogP contribution in [0.3, 0.4) is 0 Å². The number of anilines is 1. The van der Waals surface area contributed by atoms with Crippen molar-refractivity contribution in [3.8, 4) is 11.4 Å². The Kier molecular flexibility index (Phi) is 3.99. The summed E-state index contributed by atoms with van der Waals surface area (Å²) in [5.74, 6) is 1.50. The average Bonchev–Trinajstić information content (AvgIpc) is 2.95. The van der Waals surface area contributed by atoms with Crippen LogP contribution in [0.1, 0.15) is 29.9 Å². The molecule has 0 atom stereocenters. The van der Waals surface area contributed by atoms with Crippen LogP contribution in [0, 0.1) is 6.92 Å². The molecule has 1 saturated heterocycles. The molecule has 0 bridgehead atoms. The van der Waals surface area contributed by atoms with Gasteiger partial charge in [-0.15, -0.1) is 0 Å². The summed E-state index contributed by atoms with van der Waals surface area (Å²) in [5.41, 5.74) is 4.12. The molecule has 2 aliphatic rings. The lowest BCUT2D eigenvalue weighted by Crippen LogP contribution is -2.42. The Balaban J connectivity index is 1.50. The van der Waals surface area contributed by atoms with Crippen molar-refractivity contribution < 1.29 is 8.42 Å². The van der Waals surface area contributed by atoms with Crippen LogP contribution in [0.4, 0.5) is 5.95 Å². The fourth-order valence-electron chi connectivity index (χ4n) is 3.56. The number of aromatic amines is 1. The Morgan fingerprint density at radius 1 is 1.24 bits per heavy atom. The van der Waals surface area contributed by atoms with Crippen LogP contribution in [-0.2, 0) is 22.9 Å². The van der Waals surface area contributed by atoms with Gasteiger partial charge >= 0.3 is 0 Å². The van der Waals surface area contributed by atoms with Crippen molar-refractivity contribution in [1.29, 1.82) is 0 Å². The zero-order chi connectivity index (χ0) is 17.6. The summed E-state index contributed by atoms with van der Waals surface area (Å²) in [7, 11) is -3.10. The summed E-state index contributed by atoms with van der Waals surface area (Å²) in [6.45, 7) is 3.02. The molecule has 8 nitrogen and oxygen atoms in total. The van der Waals surface area contributed by atoms with E-state index in [2.05, 4.69) is 20.3 Å². The van der Waals surface area contributed by atoms with Crippen molar-refractivity contribution in [1.82, 2.24) is 24.2 Å². The molecule has 1 aliphatic carbocycles. The van der Waals surface area contributed by atoms with E-state index in [9.17, 15) is 8.42 Å². The molecule has 2 N–H and O–H groups in total. The van der Waals surface area contributed by atoms with Gasteiger partial charge < -0.3 is 10.3 Å². The number of fused-ring (bicyclic) bond motifs is 3. The zero-order valence-electron chi connectivity index (χ0n) is 14.4. The van der Waals surface area contributed by atoms with Gasteiger partial charge in [-0.1, -0.05) is 0 Å². The van der Waals surface area contributed by atoms with Crippen molar-refractivity contribution in [2.45, 2.75) is 38.6 Å². The monoisotopic (exact) mass is 362 g/mol. The quantitative estimate of drug-likeness (QED) is 0.848. The van der Waals surface area contributed by atoms with Crippen molar-refractivity contribution >= 4 is 16.0 Å². The molecule has 2 aromatic heterocycles. The molecular weight excluding hydrogens is 340 g/mol. The van der Waals surface area contributed by atoms with Gasteiger partial charge in [-0.05, 0) is 38.2 Å². The van der Waals surface area contributed by atoms with Gasteiger partial charge in [0.05, 0.1) is 23.3 Å². The van der Waals surface area contributed by atoms with Crippen molar-refractivity contribution in [2.75, 3.05) is 24.7 Å². The molecule has 2 aromatic rings. The highest BCUT2D eigenvalue weighted by atomic mass is 32.2. The maximum Gasteiger partial charge on any atom is 0.223 e. The molecule has 0 amide bonds. The minimum absolute atomic E-state index is 0.183. The summed E-state index contributed by atoms with van der Waals surface area (Å²) < 4.78 is 24.7. The number of hydrogen-bond acceptors (Lipinski definition) is 6. The SMILES string of the molecule is Cc1nc2c([nH]1)-c1nc(NC3CCN(S(C)(=O)=O)CC3)ncc1CC2. The molecule has 0 radical (unpaired) electrons.